The van der Waals surface area contributed by atoms with Crippen LogP contribution in [0, 0.1) is 18.8 Å². The molecule has 0 radical (unpaired) electrons. The fraction of sp³-hybridized carbons (Fsp3) is 0.444. The van der Waals surface area contributed by atoms with Crippen molar-refractivity contribution >= 4 is 46.2 Å². The van der Waals surface area contributed by atoms with Gasteiger partial charge < -0.3 is 25.4 Å². The van der Waals surface area contributed by atoms with E-state index in [1.165, 1.54) is 6.07 Å². The smallest absolute Gasteiger partial charge is 0.407 e. The maximum Gasteiger partial charge on any atom is 0.407 e. The molecule has 2 aromatic heterocycles. The predicted octanol–water partition coefficient (Wildman–Crippen LogP) is 3.73. The van der Waals surface area contributed by atoms with Gasteiger partial charge in [-0.05, 0) is 51.5 Å². The first-order valence-electron chi connectivity index (χ1n) is 12.8. The fourth-order valence-electron chi connectivity index (χ4n) is 5.38. The van der Waals surface area contributed by atoms with Crippen molar-refractivity contribution in [1.82, 2.24) is 19.9 Å². The van der Waals surface area contributed by atoms with Gasteiger partial charge in [-0.1, -0.05) is 17.7 Å². The summed E-state index contributed by atoms with van der Waals surface area (Å²) in [6.45, 7) is 8.80. The summed E-state index contributed by atoms with van der Waals surface area (Å²) in [6, 6.07) is 6.46. The molecule has 12 heteroatoms. The molecule has 3 heterocycles. The molecule has 0 spiro atoms. The number of hydrogen-bond donors (Lipinski definition) is 3. The summed E-state index contributed by atoms with van der Waals surface area (Å²) in [6.07, 6.45) is -0.535. The third-order valence-electron chi connectivity index (χ3n) is 7.28. The number of amides is 1. The number of rotatable bonds is 7. The molecule has 1 aliphatic carbocycles. The number of aryl methyl sites for hydroxylation is 1. The highest BCUT2D eigenvalue weighted by molar-refractivity contribution is 6.29. The van der Waals surface area contributed by atoms with Crippen molar-refractivity contribution in [3.8, 4) is 0 Å². The Labute approximate surface area is 230 Å². The van der Waals surface area contributed by atoms with Crippen LogP contribution in [-0.4, -0.2) is 56.9 Å². The first-order chi connectivity index (χ1) is 18.4. The summed E-state index contributed by atoms with van der Waals surface area (Å²) in [5.74, 6) is -0.269. The third kappa shape index (κ3) is 5.10. The van der Waals surface area contributed by atoms with Crippen LogP contribution in [0.2, 0.25) is 5.15 Å². The van der Waals surface area contributed by atoms with E-state index in [0.29, 0.717) is 35.6 Å². The van der Waals surface area contributed by atoms with Crippen LogP contribution in [0.3, 0.4) is 0 Å². The normalized spacial score (nSPS) is 20.6. The van der Waals surface area contributed by atoms with Gasteiger partial charge in [0, 0.05) is 43.6 Å². The Kier molecular flexibility index (Phi) is 6.88. The van der Waals surface area contributed by atoms with Crippen LogP contribution in [0.1, 0.15) is 48.4 Å². The number of anilines is 2. The Hall–Kier alpha value is -3.86. The number of aromatic carboxylic acids is 1. The number of hydrogen-bond acceptors (Lipinski definition) is 8. The average Bonchev–Trinajstić information content (AvgIpc) is 3.28. The number of benzene rings is 1. The van der Waals surface area contributed by atoms with Crippen LogP contribution < -0.4 is 21.1 Å². The number of carboxylic acid groups (broad SMARTS) is 1. The summed E-state index contributed by atoms with van der Waals surface area (Å²) in [7, 11) is 1.71. The molecule has 2 aliphatic rings. The number of alkyl carbamates (subject to hydrolysis) is 1. The zero-order valence-electron chi connectivity index (χ0n) is 22.4. The van der Waals surface area contributed by atoms with Gasteiger partial charge in [0.1, 0.15) is 11.3 Å². The lowest BCUT2D eigenvalue weighted by Crippen LogP contribution is -2.36. The Morgan fingerprint density at radius 1 is 1.15 bits per heavy atom. The molecule has 11 nitrogen and oxygen atoms in total. The van der Waals surface area contributed by atoms with Crippen LogP contribution in [0.4, 0.5) is 16.4 Å². The summed E-state index contributed by atoms with van der Waals surface area (Å²) >= 11 is 5.91. The molecule has 2 fully saturated rings. The minimum absolute atomic E-state index is 0.00491. The van der Waals surface area contributed by atoms with Crippen molar-refractivity contribution in [2.75, 3.05) is 23.3 Å². The quantitative estimate of drug-likeness (QED) is 0.373. The van der Waals surface area contributed by atoms with Crippen molar-refractivity contribution in [2.45, 2.75) is 45.9 Å². The number of ether oxygens (including phenoxy) is 1. The van der Waals surface area contributed by atoms with Crippen LogP contribution in [0.5, 0.6) is 0 Å². The molecule has 1 aliphatic heterocycles. The lowest BCUT2D eigenvalue weighted by Gasteiger charge is -2.25. The number of carbonyl (C=O) groups excluding carboxylic acids is 1. The number of halogens is 1. The Morgan fingerprint density at radius 3 is 2.49 bits per heavy atom. The van der Waals surface area contributed by atoms with Crippen molar-refractivity contribution in [3.63, 3.8) is 0 Å². The van der Waals surface area contributed by atoms with E-state index in [4.69, 9.17) is 21.3 Å². The Morgan fingerprint density at radius 2 is 1.85 bits per heavy atom. The summed E-state index contributed by atoms with van der Waals surface area (Å²) in [5.41, 5.74) is 2.13. The minimum atomic E-state index is -1.20. The highest BCUT2D eigenvalue weighted by Gasteiger charge is 2.59. The molecule has 3 N–H and O–H groups in total. The van der Waals surface area contributed by atoms with Gasteiger partial charge in [0.05, 0.1) is 22.6 Å². The largest absolute Gasteiger partial charge is 0.476 e. The monoisotopic (exact) mass is 554 g/mol. The number of piperidine rings is 1. The second-order valence-corrected chi connectivity index (χ2v) is 11.0. The van der Waals surface area contributed by atoms with Crippen LogP contribution >= 0.6 is 11.6 Å². The molecule has 1 amide bonds. The van der Waals surface area contributed by atoms with Gasteiger partial charge in [-0.25, -0.2) is 19.6 Å². The molecule has 3 aromatic rings. The topological polar surface area (TPSA) is 139 Å². The van der Waals surface area contributed by atoms with Crippen molar-refractivity contribution in [3.05, 3.63) is 56.6 Å². The van der Waals surface area contributed by atoms with Crippen LogP contribution in [0.15, 0.2) is 29.1 Å². The molecule has 5 rings (SSSR count). The zero-order chi connectivity index (χ0) is 28.2. The molecule has 206 valence electrons. The van der Waals surface area contributed by atoms with Crippen LogP contribution in [-0.2, 0) is 11.8 Å². The summed E-state index contributed by atoms with van der Waals surface area (Å²) in [4.78, 5) is 48.2. The third-order valence-corrected chi connectivity index (χ3v) is 7.49. The minimum Gasteiger partial charge on any atom is -0.476 e. The molecule has 0 bridgehead atoms. The van der Waals surface area contributed by atoms with Crippen molar-refractivity contribution in [1.29, 1.82) is 0 Å². The van der Waals surface area contributed by atoms with E-state index in [1.807, 2.05) is 39.8 Å². The molecular formula is C27H31ClN6O5. The molecule has 1 saturated heterocycles. The SMILES string of the molecule is Cc1cc(C(C)Nc2ccc(Cl)nc2C(=O)O)c2nc(N3CC4C(C3)C4OC(=O)NC(C)C)n(C)c(=O)c2c1. The molecule has 39 heavy (non-hydrogen) atoms. The predicted molar refractivity (Wildman–Crippen MR) is 148 cm³/mol. The van der Waals surface area contributed by atoms with Gasteiger partial charge in [0.2, 0.25) is 5.95 Å². The number of pyridine rings is 1. The highest BCUT2D eigenvalue weighted by Crippen LogP contribution is 2.48. The van der Waals surface area contributed by atoms with E-state index in [-0.39, 0.29) is 40.4 Å². The van der Waals surface area contributed by atoms with E-state index in [9.17, 15) is 19.5 Å². The maximum atomic E-state index is 13.5. The highest BCUT2D eigenvalue weighted by atomic mass is 35.5. The Balaban J connectivity index is 1.44. The molecule has 1 aromatic carbocycles. The van der Waals surface area contributed by atoms with Crippen LogP contribution in [0.25, 0.3) is 10.9 Å². The number of carbonyl (C=O) groups is 2. The van der Waals surface area contributed by atoms with Gasteiger partial charge in [0.15, 0.2) is 5.69 Å². The van der Waals surface area contributed by atoms with Gasteiger partial charge in [0.25, 0.3) is 5.56 Å². The second kappa shape index (κ2) is 10.0. The first kappa shape index (κ1) is 26.7. The molecular weight excluding hydrogens is 524 g/mol. The van der Waals surface area contributed by atoms with Gasteiger partial charge in [-0.3, -0.25) is 9.36 Å². The van der Waals surface area contributed by atoms with Crippen molar-refractivity contribution < 1.29 is 19.4 Å². The van der Waals surface area contributed by atoms with E-state index < -0.39 is 18.1 Å². The molecule has 3 atom stereocenters. The van der Waals surface area contributed by atoms with E-state index >= 15 is 0 Å². The second-order valence-electron chi connectivity index (χ2n) is 10.6. The first-order valence-corrected chi connectivity index (χ1v) is 13.2. The average molecular weight is 555 g/mol. The standard InChI is InChI=1S/C27H31ClN6O5/c1-12(2)29-27(38)39-23-17-10-34(11-18(17)23)26-32-21-15(8-13(3)9-16(21)24(35)33(26)5)14(4)30-19-6-7-20(28)31-22(19)25(36)37/h6-9,12,14,17-18,23,30H,10-11H2,1-5H3,(H,29,38)(H,36,37). The fourth-order valence-corrected chi connectivity index (χ4v) is 5.53. The van der Waals surface area contributed by atoms with Crippen molar-refractivity contribution in [2.24, 2.45) is 18.9 Å². The number of nitrogens with zero attached hydrogens (tertiary/aromatic N) is 4. The summed E-state index contributed by atoms with van der Waals surface area (Å²) in [5, 5.41) is 16.1. The van der Waals surface area contributed by atoms with Gasteiger partial charge in [-0.15, -0.1) is 0 Å². The zero-order valence-corrected chi connectivity index (χ0v) is 23.1. The number of aromatic nitrogens is 3. The molecule has 1 saturated carbocycles. The number of carboxylic acids is 1. The lowest BCUT2D eigenvalue weighted by atomic mass is 10.0. The number of nitrogens with one attached hydrogen (secondary N) is 2. The number of fused-ring (bicyclic) bond motifs is 2. The van der Waals surface area contributed by atoms with Gasteiger partial charge >= 0.3 is 12.1 Å². The Bertz CT molecular complexity index is 1530. The maximum absolute atomic E-state index is 13.5. The van der Waals surface area contributed by atoms with E-state index in [2.05, 4.69) is 20.5 Å². The van der Waals surface area contributed by atoms with Gasteiger partial charge in [-0.2, -0.15) is 0 Å². The van der Waals surface area contributed by atoms with E-state index in [1.54, 1.807) is 17.7 Å². The lowest BCUT2D eigenvalue weighted by molar-refractivity contribution is 0.0691. The molecule has 3 unspecified atom stereocenters. The summed E-state index contributed by atoms with van der Waals surface area (Å²) < 4.78 is 7.13. The van der Waals surface area contributed by atoms with E-state index in [0.717, 1.165) is 11.1 Å².